The highest BCUT2D eigenvalue weighted by Crippen LogP contribution is 2.18. The second-order valence-electron chi connectivity index (χ2n) is 6.68. The van der Waals surface area contributed by atoms with E-state index in [9.17, 15) is 9.18 Å². The van der Waals surface area contributed by atoms with E-state index in [0.29, 0.717) is 24.4 Å². The second kappa shape index (κ2) is 7.69. The van der Waals surface area contributed by atoms with E-state index in [1.165, 1.54) is 25.0 Å². The number of aromatic nitrogens is 4. The summed E-state index contributed by atoms with van der Waals surface area (Å²) in [6, 6.07) is 9.96. The first-order valence-corrected chi connectivity index (χ1v) is 9.16. The third-order valence-corrected chi connectivity index (χ3v) is 4.72. The van der Waals surface area contributed by atoms with Crippen LogP contribution in [0.25, 0.3) is 5.65 Å². The smallest absolute Gasteiger partial charge is 0.220 e. The zero-order chi connectivity index (χ0) is 18.6. The van der Waals surface area contributed by atoms with Gasteiger partial charge in [-0.25, -0.2) is 4.39 Å². The number of carbonyl (C=O) groups excluding carboxylic acids is 1. The first-order valence-electron chi connectivity index (χ1n) is 9.16. The van der Waals surface area contributed by atoms with Crippen LogP contribution in [0.1, 0.15) is 30.7 Å². The minimum absolute atomic E-state index is 0.0910. The van der Waals surface area contributed by atoms with Gasteiger partial charge in [0.2, 0.25) is 5.91 Å². The molecule has 3 heterocycles. The summed E-state index contributed by atoms with van der Waals surface area (Å²) >= 11 is 0. The Bertz CT molecular complexity index is 933. The molecular weight excluding hydrogens is 347 g/mol. The molecule has 4 rings (SSSR count). The molecule has 1 aromatic carbocycles. The molecule has 1 aliphatic rings. The average molecular weight is 368 g/mol. The summed E-state index contributed by atoms with van der Waals surface area (Å²) in [5.41, 5.74) is 1.54. The normalized spacial score (nSPS) is 14.0. The fraction of sp³-hybridized carbons (Fsp3) is 0.368. The zero-order valence-corrected chi connectivity index (χ0v) is 14.9. The molecule has 0 radical (unpaired) electrons. The van der Waals surface area contributed by atoms with E-state index in [-0.39, 0.29) is 18.1 Å². The van der Waals surface area contributed by atoms with Gasteiger partial charge in [0, 0.05) is 32.5 Å². The predicted octanol–water partition coefficient (Wildman–Crippen LogP) is 2.11. The molecule has 0 bridgehead atoms. The maximum absolute atomic E-state index is 12.9. The molecule has 1 aliphatic heterocycles. The summed E-state index contributed by atoms with van der Waals surface area (Å²) < 4.78 is 14.6. The lowest BCUT2D eigenvalue weighted by atomic mass is 10.2. The van der Waals surface area contributed by atoms with Gasteiger partial charge < -0.3 is 10.2 Å². The summed E-state index contributed by atoms with van der Waals surface area (Å²) in [6.45, 7) is 2.40. The Morgan fingerprint density at radius 2 is 1.85 bits per heavy atom. The molecule has 1 N–H and O–H groups in total. The van der Waals surface area contributed by atoms with Gasteiger partial charge in [0.05, 0.1) is 0 Å². The van der Waals surface area contributed by atoms with Crippen molar-refractivity contribution >= 4 is 17.4 Å². The quantitative estimate of drug-likeness (QED) is 0.721. The predicted molar refractivity (Wildman–Crippen MR) is 98.8 cm³/mol. The van der Waals surface area contributed by atoms with Crippen LogP contribution in [0.5, 0.6) is 0 Å². The first kappa shape index (κ1) is 17.4. The van der Waals surface area contributed by atoms with E-state index in [1.54, 1.807) is 16.6 Å². The molecule has 2 aromatic heterocycles. The molecule has 0 unspecified atom stereocenters. The molecule has 1 amide bonds. The standard InChI is InChI=1S/C19H21FN6O/c20-15-5-3-14(4-6-15)13-21-19(27)10-9-17-23-22-16-7-8-18(24-26(16)17)25-11-1-2-12-25/h3-8H,1-2,9-13H2,(H,21,27). The largest absolute Gasteiger partial charge is 0.355 e. The molecular formula is C19H21FN6O. The van der Waals surface area contributed by atoms with Gasteiger partial charge in [-0.15, -0.1) is 15.3 Å². The number of benzene rings is 1. The van der Waals surface area contributed by atoms with Crippen LogP contribution in [0, 0.1) is 5.82 Å². The van der Waals surface area contributed by atoms with Crippen LogP contribution in [0.4, 0.5) is 10.2 Å². The molecule has 1 saturated heterocycles. The van der Waals surface area contributed by atoms with Gasteiger partial charge in [0.15, 0.2) is 11.5 Å². The van der Waals surface area contributed by atoms with Gasteiger partial charge in [-0.05, 0) is 42.7 Å². The Morgan fingerprint density at radius 1 is 1.07 bits per heavy atom. The van der Waals surface area contributed by atoms with Gasteiger partial charge in [-0.2, -0.15) is 4.52 Å². The minimum Gasteiger partial charge on any atom is -0.355 e. The number of amides is 1. The molecule has 27 heavy (non-hydrogen) atoms. The Balaban J connectivity index is 1.37. The molecule has 7 nitrogen and oxygen atoms in total. The number of hydrogen-bond donors (Lipinski definition) is 1. The Hall–Kier alpha value is -3.03. The topological polar surface area (TPSA) is 75.4 Å². The molecule has 8 heteroatoms. The monoisotopic (exact) mass is 368 g/mol. The van der Waals surface area contributed by atoms with Crippen molar-refractivity contribution in [1.82, 2.24) is 25.1 Å². The van der Waals surface area contributed by atoms with Crippen molar-refractivity contribution in [2.75, 3.05) is 18.0 Å². The van der Waals surface area contributed by atoms with Crippen LogP contribution in [0.15, 0.2) is 36.4 Å². The van der Waals surface area contributed by atoms with Gasteiger partial charge >= 0.3 is 0 Å². The first-order chi connectivity index (χ1) is 13.2. The highest BCUT2D eigenvalue weighted by molar-refractivity contribution is 5.76. The summed E-state index contributed by atoms with van der Waals surface area (Å²) in [4.78, 5) is 14.4. The Morgan fingerprint density at radius 3 is 2.63 bits per heavy atom. The summed E-state index contributed by atoms with van der Waals surface area (Å²) in [7, 11) is 0. The lowest BCUT2D eigenvalue weighted by Gasteiger charge is -2.15. The fourth-order valence-electron chi connectivity index (χ4n) is 3.21. The molecule has 0 aliphatic carbocycles. The van der Waals surface area contributed by atoms with E-state index < -0.39 is 0 Å². The number of anilines is 1. The summed E-state index contributed by atoms with van der Waals surface area (Å²) in [5.74, 6) is 1.21. The third-order valence-electron chi connectivity index (χ3n) is 4.72. The average Bonchev–Trinajstić information content (AvgIpc) is 3.35. The molecule has 1 fully saturated rings. The van der Waals surface area contributed by atoms with Crippen LogP contribution >= 0.6 is 0 Å². The highest BCUT2D eigenvalue weighted by atomic mass is 19.1. The van der Waals surface area contributed by atoms with E-state index in [0.717, 1.165) is 24.5 Å². The number of carbonyl (C=O) groups is 1. The molecule has 0 atom stereocenters. The van der Waals surface area contributed by atoms with Crippen molar-refractivity contribution in [2.24, 2.45) is 0 Å². The molecule has 0 spiro atoms. The maximum Gasteiger partial charge on any atom is 0.220 e. The lowest BCUT2D eigenvalue weighted by Crippen LogP contribution is -2.23. The second-order valence-corrected chi connectivity index (χ2v) is 6.68. The Kier molecular flexibility index (Phi) is 4.95. The number of nitrogens with one attached hydrogen (secondary N) is 1. The van der Waals surface area contributed by atoms with Crippen molar-refractivity contribution in [3.05, 3.63) is 53.6 Å². The summed E-state index contributed by atoms with van der Waals surface area (Å²) in [5, 5.41) is 15.8. The van der Waals surface area contributed by atoms with Gasteiger partial charge in [0.1, 0.15) is 11.6 Å². The van der Waals surface area contributed by atoms with Crippen LogP contribution < -0.4 is 10.2 Å². The van der Waals surface area contributed by atoms with Crippen LogP contribution in [0.3, 0.4) is 0 Å². The van der Waals surface area contributed by atoms with Gasteiger partial charge in [-0.1, -0.05) is 12.1 Å². The van der Waals surface area contributed by atoms with E-state index in [2.05, 4.69) is 25.5 Å². The SMILES string of the molecule is O=C(CCc1nnc2ccc(N3CCCC3)nn12)NCc1ccc(F)cc1. The minimum atomic E-state index is -0.287. The van der Waals surface area contributed by atoms with Crippen molar-refractivity contribution in [3.63, 3.8) is 0 Å². The van der Waals surface area contributed by atoms with Crippen LogP contribution in [0.2, 0.25) is 0 Å². The van der Waals surface area contributed by atoms with Gasteiger partial charge in [-0.3, -0.25) is 4.79 Å². The van der Waals surface area contributed by atoms with Crippen LogP contribution in [-0.4, -0.2) is 38.8 Å². The molecule has 140 valence electrons. The number of nitrogens with zero attached hydrogens (tertiary/aromatic N) is 5. The molecule has 0 saturated carbocycles. The lowest BCUT2D eigenvalue weighted by molar-refractivity contribution is -0.121. The highest BCUT2D eigenvalue weighted by Gasteiger charge is 2.16. The fourth-order valence-corrected chi connectivity index (χ4v) is 3.21. The van der Waals surface area contributed by atoms with E-state index in [1.807, 2.05) is 12.1 Å². The van der Waals surface area contributed by atoms with Crippen molar-refractivity contribution < 1.29 is 9.18 Å². The van der Waals surface area contributed by atoms with Crippen LogP contribution in [-0.2, 0) is 17.8 Å². The van der Waals surface area contributed by atoms with Crippen molar-refractivity contribution in [2.45, 2.75) is 32.2 Å². The van der Waals surface area contributed by atoms with Crippen molar-refractivity contribution in [3.8, 4) is 0 Å². The van der Waals surface area contributed by atoms with E-state index >= 15 is 0 Å². The number of fused-ring (bicyclic) bond motifs is 1. The maximum atomic E-state index is 12.9. The number of hydrogen-bond acceptors (Lipinski definition) is 5. The van der Waals surface area contributed by atoms with E-state index in [4.69, 9.17) is 0 Å². The molecule has 3 aromatic rings. The summed E-state index contributed by atoms with van der Waals surface area (Å²) in [6.07, 6.45) is 3.11. The zero-order valence-electron chi connectivity index (χ0n) is 14.9. The third kappa shape index (κ3) is 4.05. The number of halogens is 1. The van der Waals surface area contributed by atoms with Gasteiger partial charge in [0.25, 0.3) is 0 Å². The van der Waals surface area contributed by atoms with Crippen molar-refractivity contribution in [1.29, 1.82) is 0 Å². The number of aryl methyl sites for hydroxylation is 1. The Labute approximate surface area is 156 Å². The number of rotatable bonds is 6.